The lowest BCUT2D eigenvalue weighted by molar-refractivity contribution is 0.0771. The Bertz CT molecular complexity index is 312. The molecule has 0 atom stereocenters. The minimum absolute atomic E-state index is 0.288. The molecule has 0 aliphatic carbocycles. The van der Waals surface area contributed by atoms with E-state index in [1.165, 1.54) is 6.42 Å². The molecule has 0 unspecified atom stereocenters. The molecule has 1 aliphatic heterocycles. The van der Waals surface area contributed by atoms with Gasteiger partial charge in [-0.25, -0.2) is 0 Å². The van der Waals surface area contributed by atoms with Crippen LogP contribution in [-0.4, -0.2) is 59.1 Å². The average molecular weight is 270 g/mol. The van der Waals surface area contributed by atoms with Crippen LogP contribution in [0.3, 0.4) is 0 Å². The smallest absolute Gasteiger partial charge is 0.159 e. The summed E-state index contributed by atoms with van der Waals surface area (Å²) in [6.45, 7) is 16.1. The topological polar surface area (TPSA) is 65.1 Å². The molecule has 112 valence electrons. The van der Waals surface area contributed by atoms with Crippen LogP contribution < -0.4 is 5.73 Å². The zero-order valence-electron chi connectivity index (χ0n) is 13.1. The first-order valence-corrected chi connectivity index (χ1v) is 7.12. The Kier molecular flexibility index (Phi) is 5.21. The Morgan fingerprint density at radius 2 is 1.63 bits per heavy atom. The largest absolute Gasteiger partial charge is 0.409 e. The number of amidine groups is 1. The number of piperazine rings is 1. The van der Waals surface area contributed by atoms with Gasteiger partial charge in [0.2, 0.25) is 0 Å². The fraction of sp³-hybridized carbons (Fsp3) is 0.929. The van der Waals surface area contributed by atoms with Crippen LogP contribution in [0.1, 0.15) is 41.0 Å². The van der Waals surface area contributed by atoms with Gasteiger partial charge in [0, 0.05) is 26.2 Å². The van der Waals surface area contributed by atoms with Crippen molar-refractivity contribution >= 4 is 5.84 Å². The quantitative estimate of drug-likeness (QED) is 0.352. The second-order valence-corrected chi connectivity index (χ2v) is 7.18. The Hall–Kier alpha value is -0.810. The van der Waals surface area contributed by atoms with Gasteiger partial charge in [-0.2, -0.15) is 0 Å². The SMILES string of the molecule is CC(C)(C)CCN1CCN(C(C)(C)/C(N)=N/O)CC1. The minimum Gasteiger partial charge on any atom is -0.409 e. The zero-order valence-corrected chi connectivity index (χ0v) is 13.1. The zero-order chi connectivity index (χ0) is 14.7. The van der Waals surface area contributed by atoms with E-state index in [1.807, 2.05) is 13.8 Å². The fourth-order valence-electron chi connectivity index (χ4n) is 2.31. The van der Waals surface area contributed by atoms with Gasteiger partial charge in [-0.3, -0.25) is 4.90 Å². The van der Waals surface area contributed by atoms with E-state index in [0.717, 1.165) is 32.7 Å². The standard InChI is InChI=1S/C14H30N4O/c1-13(2,3)6-7-17-8-10-18(11-9-17)14(4,5)12(15)16-19/h19H,6-11H2,1-5H3,(H2,15,16). The molecule has 1 heterocycles. The second kappa shape index (κ2) is 6.09. The molecule has 5 nitrogen and oxygen atoms in total. The van der Waals surface area contributed by atoms with Gasteiger partial charge in [0.1, 0.15) is 0 Å². The summed E-state index contributed by atoms with van der Waals surface area (Å²) in [7, 11) is 0. The van der Waals surface area contributed by atoms with Crippen LogP contribution in [0.2, 0.25) is 0 Å². The molecular formula is C14H30N4O. The van der Waals surface area contributed by atoms with Gasteiger partial charge < -0.3 is 15.8 Å². The monoisotopic (exact) mass is 270 g/mol. The van der Waals surface area contributed by atoms with Gasteiger partial charge in [0.05, 0.1) is 5.54 Å². The van der Waals surface area contributed by atoms with Crippen molar-refractivity contribution in [3.8, 4) is 0 Å². The lowest BCUT2D eigenvalue weighted by atomic mass is 9.92. The van der Waals surface area contributed by atoms with E-state index in [1.54, 1.807) is 0 Å². The predicted molar refractivity (Wildman–Crippen MR) is 79.6 cm³/mol. The molecule has 1 saturated heterocycles. The molecule has 5 heteroatoms. The minimum atomic E-state index is -0.370. The Labute approximate surface area is 117 Å². The third-order valence-corrected chi connectivity index (χ3v) is 4.08. The third kappa shape index (κ3) is 4.66. The van der Waals surface area contributed by atoms with Crippen LogP contribution in [0.5, 0.6) is 0 Å². The first-order valence-electron chi connectivity index (χ1n) is 7.12. The molecule has 0 aromatic carbocycles. The van der Waals surface area contributed by atoms with Crippen molar-refractivity contribution in [2.24, 2.45) is 16.3 Å². The highest BCUT2D eigenvalue weighted by molar-refractivity contribution is 5.88. The van der Waals surface area contributed by atoms with Crippen molar-refractivity contribution in [2.75, 3.05) is 32.7 Å². The molecule has 0 bridgehead atoms. The Morgan fingerprint density at radius 3 is 2.05 bits per heavy atom. The maximum absolute atomic E-state index is 8.85. The number of nitrogens with zero attached hydrogens (tertiary/aromatic N) is 3. The van der Waals surface area contributed by atoms with Crippen molar-refractivity contribution in [1.82, 2.24) is 9.80 Å². The van der Waals surface area contributed by atoms with Crippen molar-refractivity contribution in [2.45, 2.75) is 46.6 Å². The van der Waals surface area contributed by atoms with Gasteiger partial charge in [-0.1, -0.05) is 25.9 Å². The number of oxime groups is 1. The van der Waals surface area contributed by atoms with Crippen molar-refractivity contribution < 1.29 is 5.21 Å². The van der Waals surface area contributed by atoms with Gasteiger partial charge >= 0.3 is 0 Å². The predicted octanol–water partition coefficient (Wildman–Crippen LogP) is 1.57. The van der Waals surface area contributed by atoms with Gasteiger partial charge in [-0.05, 0) is 32.2 Å². The fourth-order valence-corrected chi connectivity index (χ4v) is 2.31. The van der Waals surface area contributed by atoms with Crippen molar-refractivity contribution in [3.05, 3.63) is 0 Å². The van der Waals surface area contributed by atoms with E-state index in [-0.39, 0.29) is 11.4 Å². The van der Waals surface area contributed by atoms with Crippen LogP contribution in [0.4, 0.5) is 0 Å². The summed E-state index contributed by atoms with van der Waals surface area (Å²) in [5.41, 5.74) is 5.80. The highest BCUT2D eigenvalue weighted by Gasteiger charge is 2.33. The second-order valence-electron chi connectivity index (χ2n) is 7.18. The maximum Gasteiger partial charge on any atom is 0.159 e. The highest BCUT2D eigenvalue weighted by atomic mass is 16.4. The molecule has 1 fully saturated rings. The Morgan fingerprint density at radius 1 is 1.11 bits per heavy atom. The van der Waals surface area contributed by atoms with Gasteiger partial charge in [0.15, 0.2) is 5.84 Å². The number of hydrogen-bond acceptors (Lipinski definition) is 4. The molecule has 1 rings (SSSR count). The van der Waals surface area contributed by atoms with E-state index in [9.17, 15) is 0 Å². The van der Waals surface area contributed by atoms with Crippen molar-refractivity contribution in [3.63, 3.8) is 0 Å². The molecule has 19 heavy (non-hydrogen) atoms. The normalized spacial score (nSPS) is 20.8. The van der Waals surface area contributed by atoms with E-state index in [2.05, 4.69) is 35.7 Å². The summed E-state index contributed by atoms with van der Waals surface area (Å²) in [5.74, 6) is 0.288. The first-order chi connectivity index (χ1) is 8.66. The van der Waals surface area contributed by atoms with E-state index in [0.29, 0.717) is 5.41 Å². The first kappa shape index (κ1) is 16.2. The summed E-state index contributed by atoms with van der Waals surface area (Å²) in [5, 5.41) is 12.0. The summed E-state index contributed by atoms with van der Waals surface area (Å²) in [6.07, 6.45) is 1.22. The van der Waals surface area contributed by atoms with E-state index >= 15 is 0 Å². The van der Waals surface area contributed by atoms with Gasteiger partial charge in [0.25, 0.3) is 0 Å². The molecule has 0 aromatic rings. The summed E-state index contributed by atoms with van der Waals surface area (Å²) < 4.78 is 0. The van der Waals surface area contributed by atoms with Crippen LogP contribution in [-0.2, 0) is 0 Å². The van der Waals surface area contributed by atoms with E-state index < -0.39 is 0 Å². The summed E-state index contributed by atoms with van der Waals surface area (Å²) >= 11 is 0. The van der Waals surface area contributed by atoms with Crippen LogP contribution in [0, 0.1) is 5.41 Å². The number of nitrogens with two attached hydrogens (primary N) is 1. The lowest BCUT2D eigenvalue weighted by Gasteiger charge is -2.43. The number of rotatable bonds is 4. The molecule has 0 amide bonds. The molecule has 0 saturated carbocycles. The maximum atomic E-state index is 8.85. The van der Waals surface area contributed by atoms with Crippen LogP contribution >= 0.6 is 0 Å². The molecular weight excluding hydrogens is 240 g/mol. The average Bonchev–Trinajstić information content (AvgIpc) is 2.35. The van der Waals surface area contributed by atoms with Gasteiger partial charge in [-0.15, -0.1) is 0 Å². The summed E-state index contributed by atoms with van der Waals surface area (Å²) in [6, 6.07) is 0. The van der Waals surface area contributed by atoms with Crippen LogP contribution in [0.15, 0.2) is 5.16 Å². The van der Waals surface area contributed by atoms with Crippen LogP contribution in [0.25, 0.3) is 0 Å². The molecule has 0 spiro atoms. The van der Waals surface area contributed by atoms with Crippen molar-refractivity contribution in [1.29, 1.82) is 0 Å². The number of hydrogen-bond donors (Lipinski definition) is 2. The molecule has 3 N–H and O–H groups in total. The molecule has 0 radical (unpaired) electrons. The van der Waals surface area contributed by atoms with E-state index in [4.69, 9.17) is 10.9 Å². The molecule has 1 aliphatic rings. The highest BCUT2D eigenvalue weighted by Crippen LogP contribution is 2.21. The lowest BCUT2D eigenvalue weighted by Crippen LogP contribution is -2.59. The molecule has 0 aromatic heterocycles. The summed E-state index contributed by atoms with van der Waals surface area (Å²) in [4.78, 5) is 4.79. The Balaban J connectivity index is 2.45. The third-order valence-electron chi connectivity index (χ3n) is 4.08.